The highest BCUT2D eigenvalue weighted by Gasteiger charge is 2.18. The molecule has 0 N–H and O–H groups in total. The second kappa shape index (κ2) is 8.73. The molecule has 0 saturated carbocycles. The van der Waals surface area contributed by atoms with Crippen LogP contribution in [0.3, 0.4) is 0 Å². The second-order valence-electron chi connectivity index (χ2n) is 8.20. The van der Waals surface area contributed by atoms with E-state index in [1.807, 2.05) is 42.5 Å². The minimum Gasteiger partial charge on any atom is -0.618 e. The van der Waals surface area contributed by atoms with Crippen LogP contribution in [0, 0.1) is 12.1 Å². The van der Waals surface area contributed by atoms with Gasteiger partial charge >= 0.3 is 0 Å². The van der Waals surface area contributed by atoms with Gasteiger partial charge in [0.05, 0.1) is 12.7 Å². The number of anilines is 1. The summed E-state index contributed by atoms with van der Waals surface area (Å²) in [7, 11) is 0. The largest absolute Gasteiger partial charge is 0.618 e. The van der Waals surface area contributed by atoms with Gasteiger partial charge in [-0.05, 0) is 55.1 Å². The van der Waals surface area contributed by atoms with Gasteiger partial charge in [-0.25, -0.2) is 0 Å². The molecule has 4 aromatic rings. The molecule has 0 bridgehead atoms. The van der Waals surface area contributed by atoms with E-state index in [1.165, 1.54) is 15.8 Å². The fraction of sp³-hybridized carbons (Fsp3) is 0.320. The van der Waals surface area contributed by atoms with Crippen LogP contribution >= 0.6 is 11.3 Å². The van der Waals surface area contributed by atoms with Gasteiger partial charge in [0.1, 0.15) is 5.75 Å². The highest BCUT2D eigenvalue weighted by atomic mass is 32.1. The van der Waals surface area contributed by atoms with Crippen molar-refractivity contribution in [1.29, 1.82) is 0 Å². The Morgan fingerprint density at radius 1 is 1.06 bits per heavy atom. The number of hydrogen-bond acceptors (Lipinski definition) is 5. The lowest BCUT2D eigenvalue weighted by Gasteiger charge is -2.36. The minimum absolute atomic E-state index is 0.653. The lowest BCUT2D eigenvalue weighted by atomic mass is 10.1. The number of piperazine rings is 1. The van der Waals surface area contributed by atoms with Gasteiger partial charge in [-0.3, -0.25) is 4.90 Å². The van der Waals surface area contributed by atoms with Crippen molar-refractivity contribution in [2.24, 2.45) is 0 Å². The van der Waals surface area contributed by atoms with Gasteiger partial charge in [-0.2, -0.15) is 4.73 Å². The lowest BCUT2D eigenvalue weighted by Crippen LogP contribution is -2.46. The smallest absolute Gasteiger partial charge is 0.227 e. The average Bonchev–Trinajstić information content (AvgIpc) is 3.26. The third-order valence-electron chi connectivity index (χ3n) is 6.02. The van der Waals surface area contributed by atoms with E-state index in [4.69, 9.17) is 4.74 Å². The molecule has 0 aliphatic carbocycles. The molecule has 1 fully saturated rings. The SMILES string of the molecule is Cc1cc2ccc(OCCCN3CCN(c4cccc5sccc45)CC3)cc2[n+]([O-])c1. The summed E-state index contributed by atoms with van der Waals surface area (Å²) < 4.78 is 8.22. The number of nitrogens with zero attached hydrogens (tertiary/aromatic N) is 3. The van der Waals surface area contributed by atoms with Crippen molar-refractivity contribution in [3.8, 4) is 5.75 Å². The monoisotopic (exact) mass is 433 g/mol. The van der Waals surface area contributed by atoms with Gasteiger partial charge in [0.15, 0.2) is 6.20 Å². The second-order valence-corrected chi connectivity index (χ2v) is 9.15. The first-order valence-corrected chi connectivity index (χ1v) is 11.8. The van der Waals surface area contributed by atoms with Crippen LogP contribution in [0.2, 0.25) is 0 Å². The van der Waals surface area contributed by atoms with Crippen LogP contribution in [-0.4, -0.2) is 44.2 Å². The molecule has 160 valence electrons. The fourth-order valence-electron chi connectivity index (χ4n) is 4.41. The van der Waals surface area contributed by atoms with Crippen LogP contribution in [0.4, 0.5) is 5.69 Å². The van der Waals surface area contributed by atoms with Crippen LogP contribution in [0.5, 0.6) is 5.75 Å². The lowest BCUT2D eigenvalue weighted by molar-refractivity contribution is -0.577. The normalized spacial score (nSPS) is 15.1. The first-order chi connectivity index (χ1) is 15.2. The van der Waals surface area contributed by atoms with Crippen molar-refractivity contribution in [1.82, 2.24) is 4.90 Å². The standard InChI is InChI=1S/C25H27N3O2S/c1-19-16-20-6-7-21(17-24(20)28(29)18-19)30-14-3-9-26-10-12-27(13-11-26)23-4-2-5-25-22(23)8-15-31-25/h2,4-8,15-18H,3,9-14H2,1H3. The molecule has 5 rings (SSSR count). The van der Waals surface area contributed by atoms with Gasteiger partial charge in [0, 0.05) is 59.4 Å². The van der Waals surface area contributed by atoms with Crippen molar-refractivity contribution >= 4 is 38.0 Å². The number of aromatic nitrogens is 1. The molecular formula is C25H27N3O2S. The molecule has 1 aliphatic heterocycles. The van der Waals surface area contributed by atoms with Crippen LogP contribution in [0.15, 0.2) is 60.1 Å². The number of thiophene rings is 1. The summed E-state index contributed by atoms with van der Waals surface area (Å²) in [5.41, 5.74) is 2.98. The number of benzene rings is 2. The maximum absolute atomic E-state index is 12.1. The van der Waals surface area contributed by atoms with Crippen molar-refractivity contribution in [2.45, 2.75) is 13.3 Å². The fourth-order valence-corrected chi connectivity index (χ4v) is 5.22. The topological polar surface area (TPSA) is 42.6 Å². The summed E-state index contributed by atoms with van der Waals surface area (Å²) in [6, 6.07) is 16.6. The quantitative estimate of drug-likeness (QED) is 0.253. The zero-order chi connectivity index (χ0) is 21.2. The van der Waals surface area contributed by atoms with Crippen molar-refractivity contribution in [2.75, 3.05) is 44.2 Å². The first kappa shape index (κ1) is 20.1. The number of hydrogen-bond donors (Lipinski definition) is 0. The van der Waals surface area contributed by atoms with E-state index in [9.17, 15) is 5.21 Å². The van der Waals surface area contributed by atoms with E-state index < -0.39 is 0 Å². The Morgan fingerprint density at radius 3 is 2.81 bits per heavy atom. The summed E-state index contributed by atoms with van der Waals surface area (Å²) in [4.78, 5) is 5.03. The molecule has 5 nitrogen and oxygen atoms in total. The number of rotatable bonds is 6. The minimum atomic E-state index is 0.653. The molecule has 0 unspecified atom stereocenters. The van der Waals surface area contributed by atoms with E-state index in [1.54, 1.807) is 6.20 Å². The number of pyridine rings is 1. The maximum Gasteiger partial charge on any atom is 0.227 e. The molecule has 1 aliphatic rings. The molecule has 0 radical (unpaired) electrons. The molecule has 0 atom stereocenters. The molecule has 2 aromatic carbocycles. The molecule has 31 heavy (non-hydrogen) atoms. The van der Waals surface area contributed by atoms with Crippen LogP contribution < -0.4 is 14.4 Å². The van der Waals surface area contributed by atoms with Crippen LogP contribution in [0.1, 0.15) is 12.0 Å². The molecule has 0 spiro atoms. The maximum atomic E-state index is 12.1. The predicted octanol–water partition coefficient (Wildman–Crippen LogP) is 4.59. The van der Waals surface area contributed by atoms with Gasteiger partial charge in [-0.1, -0.05) is 6.07 Å². The summed E-state index contributed by atoms with van der Waals surface area (Å²) in [6.45, 7) is 7.89. The van der Waals surface area contributed by atoms with E-state index >= 15 is 0 Å². The highest BCUT2D eigenvalue weighted by molar-refractivity contribution is 7.17. The third kappa shape index (κ3) is 4.31. The molecule has 0 amide bonds. The van der Waals surface area contributed by atoms with Gasteiger partial charge in [0.25, 0.3) is 0 Å². The summed E-state index contributed by atoms with van der Waals surface area (Å²) in [5, 5.41) is 16.6. The zero-order valence-electron chi connectivity index (χ0n) is 17.8. The van der Waals surface area contributed by atoms with Gasteiger partial charge in [0.2, 0.25) is 5.52 Å². The molecule has 3 heterocycles. The Labute approximate surface area is 186 Å². The molecule has 2 aromatic heterocycles. The molecule has 6 heteroatoms. The first-order valence-electron chi connectivity index (χ1n) is 10.9. The number of ether oxygens (including phenoxy) is 1. The predicted molar refractivity (Wildman–Crippen MR) is 128 cm³/mol. The Morgan fingerprint density at radius 2 is 1.94 bits per heavy atom. The van der Waals surface area contributed by atoms with Crippen molar-refractivity contribution < 1.29 is 9.47 Å². The average molecular weight is 434 g/mol. The Kier molecular flexibility index (Phi) is 5.66. The molecular weight excluding hydrogens is 406 g/mol. The number of aryl methyl sites for hydroxylation is 1. The number of fused-ring (bicyclic) bond motifs is 2. The van der Waals surface area contributed by atoms with E-state index in [2.05, 4.69) is 39.4 Å². The van der Waals surface area contributed by atoms with E-state index in [-0.39, 0.29) is 0 Å². The van der Waals surface area contributed by atoms with Gasteiger partial charge in [-0.15, -0.1) is 11.3 Å². The van der Waals surface area contributed by atoms with Crippen LogP contribution in [-0.2, 0) is 0 Å². The van der Waals surface area contributed by atoms with Gasteiger partial charge < -0.3 is 14.8 Å². The van der Waals surface area contributed by atoms with E-state index in [0.29, 0.717) is 12.1 Å². The van der Waals surface area contributed by atoms with Crippen molar-refractivity contribution in [3.63, 3.8) is 0 Å². The Hall–Kier alpha value is -2.83. The Balaban J connectivity index is 1.11. The summed E-state index contributed by atoms with van der Waals surface area (Å²) in [5.74, 6) is 0.759. The summed E-state index contributed by atoms with van der Waals surface area (Å²) in [6.07, 6.45) is 2.58. The van der Waals surface area contributed by atoms with Crippen LogP contribution in [0.25, 0.3) is 21.0 Å². The Bertz CT molecular complexity index is 1200. The molecule has 1 saturated heterocycles. The highest BCUT2D eigenvalue weighted by Crippen LogP contribution is 2.31. The third-order valence-corrected chi connectivity index (χ3v) is 6.90. The summed E-state index contributed by atoms with van der Waals surface area (Å²) >= 11 is 1.81. The van der Waals surface area contributed by atoms with E-state index in [0.717, 1.165) is 60.6 Å². The zero-order valence-corrected chi connectivity index (χ0v) is 18.6. The van der Waals surface area contributed by atoms with Crippen molar-refractivity contribution in [3.05, 3.63) is 70.9 Å².